The Bertz CT molecular complexity index is 427. The average Bonchev–Trinajstić information content (AvgIpc) is 2.85. The van der Waals surface area contributed by atoms with Gasteiger partial charge in [-0.2, -0.15) is 5.26 Å². The first-order chi connectivity index (χ1) is 8.31. The fraction of sp³-hybridized carbons (Fsp3) is 0.385. The van der Waals surface area contributed by atoms with Gasteiger partial charge in [-0.05, 0) is 25.0 Å². The number of likely N-dealkylation sites (tertiary alicyclic amines) is 1. The molecule has 17 heavy (non-hydrogen) atoms. The van der Waals surface area contributed by atoms with E-state index in [1.807, 2.05) is 30.3 Å². The highest BCUT2D eigenvalue weighted by molar-refractivity contribution is 8.00. The largest absolute Gasteiger partial charge is 0.326 e. The Labute approximate surface area is 105 Å². The van der Waals surface area contributed by atoms with Crippen molar-refractivity contribution in [3.8, 4) is 6.07 Å². The molecule has 0 spiro atoms. The van der Waals surface area contributed by atoms with Crippen LogP contribution in [0.1, 0.15) is 12.8 Å². The van der Waals surface area contributed by atoms with Gasteiger partial charge in [0.25, 0.3) is 0 Å². The van der Waals surface area contributed by atoms with Crippen LogP contribution >= 0.6 is 11.8 Å². The van der Waals surface area contributed by atoms with E-state index in [4.69, 9.17) is 5.26 Å². The van der Waals surface area contributed by atoms with Crippen molar-refractivity contribution in [3.05, 3.63) is 30.3 Å². The molecule has 1 aromatic rings. The van der Waals surface area contributed by atoms with Crippen molar-refractivity contribution in [1.29, 1.82) is 5.26 Å². The molecule has 0 bridgehead atoms. The van der Waals surface area contributed by atoms with E-state index in [-0.39, 0.29) is 11.9 Å². The molecule has 0 N–H and O–H groups in total. The number of benzene rings is 1. The van der Waals surface area contributed by atoms with E-state index in [0.29, 0.717) is 5.75 Å². The van der Waals surface area contributed by atoms with Crippen LogP contribution in [0, 0.1) is 11.3 Å². The average molecular weight is 246 g/mol. The standard InChI is InChI=1S/C13H14N2OS/c14-9-11-5-4-8-15(11)13(16)10-17-12-6-2-1-3-7-12/h1-3,6-7,11H,4-5,8,10H2. The summed E-state index contributed by atoms with van der Waals surface area (Å²) < 4.78 is 0. The van der Waals surface area contributed by atoms with Gasteiger partial charge in [-0.3, -0.25) is 4.79 Å². The summed E-state index contributed by atoms with van der Waals surface area (Å²) in [5, 5.41) is 8.92. The van der Waals surface area contributed by atoms with E-state index >= 15 is 0 Å². The van der Waals surface area contributed by atoms with E-state index in [2.05, 4.69) is 6.07 Å². The summed E-state index contributed by atoms with van der Waals surface area (Å²) in [6.45, 7) is 0.729. The van der Waals surface area contributed by atoms with Crippen molar-refractivity contribution < 1.29 is 4.79 Å². The van der Waals surface area contributed by atoms with Crippen molar-refractivity contribution in [2.75, 3.05) is 12.3 Å². The SMILES string of the molecule is N#CC1CCCN1C(=O)CSc1ccccc1. The molecular formula is C13H14N2OS. The predicted octanol–water partition coefficient (Wildman–Crippen LogP) is 2.29. The molecule has 0 saturated carbocycles. The number of hydrogen-bond acceptors (Lipinski definition) is 3. The summed E-state index contributed by atoms with van der Waals surface area (Å²) in [6.07, 6.45) is 1.76. The number of hydrogen-bond donors (Lipinski definition) is 0. The minimum atomic E-state index is -0.209. The van der Waals surface area contributed by atoms with Gasteiger partial charge in [0.2, 0.25) is 5.91 Å². The molecule has 1 heterocycles. The molecule has 0 aromatic heterocycles. The van der Waals surface area contributed by atoms with E-state index in [1.54, 1.807) is 4.90 Å². The second-order valence-corrected chi connectivity index (χ2v) is 5.02. The van der Waals surface area contributed by atoms with Gasteiger partial charge in [0.1, 0.15) is 6.04 Å². The van der Waals surface area contributed by atoms with Crippen molar-refractivity contribution in [1.82, 2.24) is 4.90 Å². The Hall–Kier alpha value is -1.47. The summed E-state index contributed by atoms with van der Waals surface area (Å²) >= 11 is 1.53. The van der Waals surface area contributed by atoms with Crippen LogP contribution in [0.25, 0.3) is 0 Å². The van der Waals surface area contributed by atoms with Gasteiger partial charge in [0, 0.05) is 11.4 Å². The minimum Gasteiger partial charge on any atom is -0.326 e. The second kappa shape index (κ2) is 5.74. The summed E-state index contributed by atoms with van der Waals surface area (Å²) in [4.78, 5) is 14.7. The van der Waals surface area contributed by atoms with Crippen LogP contribution < -0.4 is 0 Å². The van der Waals surface area contributed by atoms with Crippen LogP contribution in [0.15, 0.2) is 35.2 Å². The Balaban J connectivity index is 1.88. The second-order valence-electron chi connectivity index (χ2n) is 3.98. The zero-order chi connectivity index (χ0) is 12.1. The maximum Gasteiger partial charge on any atom is 0.234 e. The zero-order valence-electron chi connectivity index (χ0n) is 9.50. The first-order valence-corrected chi connectivity index (χ1v) is 6.67. The summed E-state index contributed by atoms with van der Waals surface area (Å²) in [5.74, 6) is 0.491. The maximum atomic E-state index is 11.9. The van der Waals surface area contributed by atoms with Crippen LogP contribution in [0.3, 0.4) is 0 Å². The van der Waals surface area contributed by atoms with Crippen molar-refractivity contribution in [3.63, 3.8) is 0 Å². The van der Waals surface area contributed by atoms with E-state index in [0.717, 1.165) is 24.3 Å². The van der Waals surface area contributed by atoms with E-state index in [1.165, 1.54) is 11.8 Å². The molecule has 1 amide bonds. The third kappa shape index (κ3) is 3.01. The molecular weight excluding hydrogens is 232 g/mol. The summed E-state index contributed by atoms with van der Waals surface area (Å²) in [6, 6.07) is 11.8. The smallest absolute Gasteiger partial charge is 0.234 e. The molecule has 1 aromatic carbocycles. The number of amides is 1. The fourth-order valence-corrected chi connectivity index (χ4v) is 2.75. The highest BCUT2D eigenvalue weighted by atomic mass is 32.2. The first-order valence-electron chi connectivity index (χ1n) is 5.68. The van der Waals surface area contributed by atoms with Gasteiger partial charge in [-0.25, -0.2) is 0 Å². The highest BCUT2D eigenvalue weighted by Gasteiger charge is 2.27. The van der Waals surface area contributed by atoms with Gasteiger partial charge in [-0.1, -0.05) is 18.2 Å². The third-order valence-corrected chi connectivity index (χ3v) is 3.82. The third-order valence-electron chi connectivity index (χ3n) is 2.83. The molecule has 1 aliphatic rings. The molecule has 0 radical (unpaired) electrons. The molecule has 1 fully saturated rings. The summed E-state index contributed by atoms with van der Waals surface area (Å²) in [5.41, 5.74) is 0. The van der Waals surface area contributed by atoms with E-state index in [9.17, 15) is 4.79 Å². The monoisotopic (exact) mass is 246 g/mol. The van der Waals surface area contributed by atoms with Crippen molar-refractivity contribution >= 4 is 17.7 Å². The quantitative estimate of drug-likeness (QED) is 0.769. The van der Waals surface area contributed by atoms with E-state index < -0.39 is 0 Å². The van der Waals surface area contributed by atoms with Gasteiger partial charge < -0.3 is 4.90 Å². The summed E-state index contributed by atoms with van der Waals surface area (Å²) in [7, 11) is 0. The molecule has 1 unspecified atom stereocenters. The Morgan fingerprint density at radius 3 is 2.94 bits per heavy atom. The van der Waals surface area contributed by atoms with Gasteiger partial charge >= 0.3 is 0 Å². The lowest BCUT2D eigenvalue weighted by Crippen LogP contribution is -2.35. The fourth-order valence-electron chi connectivity index (χ4n) is 1.94. The number of thioether (sulfide) groups is 1. The maximum absolute atomic E-state index is 11.9. The van der Waals surface area contributed by atoms with Gasteiger partial charge in [0.15, 0.2) is 0 Å². The molecule has 1 atom stereocenters. The van der Waals surface area contributed by atoms with Crippen LogP contribution in [-0.4, -0.2) is 29.1 Å². The lowest BCUT2D eigenvalue weighted by Gasteiger charge is -2.19. The van der Waals surface area contributed by atoms with Gasteiger partial charge in [0.05, 0.1) is 11.8 Å². The van der Waals surface area contributed by atoms with Crippen molar-refractivity contribution in [2.45, 2.75) is 23.8 Å². The zero-order valence-corrected chi connectivity index (χ0v) is 10.3. The van der Waals surface area contributed by atoms with Crippen LogP contribution in [0.2, 0.25) is 0 Å². The molecule has 1 saturated heterocycles. The molecule has 2 rings (SSSR count). The van der Waals surface area contributed by atoms with Crippen LogP contribution in [-0.2, 0) is 4.79 Å². The number of rotatable bonds is 3. The minimum absolute atomic E-state index is 0.0721. The molecule has 88 valence electrons. The first kappa shape index (κ1) is 12.0. The van der Waals surface area contributed by atoms with Gasteiger partial charge in [-0.15, -0.1) is 11.8 Å². The predicted molar refractivity (Wildman–Crippen MR) is 67.5 cm³/mol. The van der Waals surface area contributed by atoms with Crippen LogP contribution in [0.4, 0.5) is 0 Å². The Kier molecular flexibility index (Phi) is 4.05. The normalized spacial score (nSPS) is 19.0. The Morgan fingerprint density at radius 1 is 1.47 bits per heavy atom. The topological polar surface area (TPSA) is 44.1 Å². The molecule has 0 aliphatic carbocycles. The number of carbonyl (C=O) groups is 1. The van der Waals surface area contributed by atoms with Crippen molar-refractivity contribution in [2.24, 2.45) is 0 Å². The number of nitrogens with zero attached hydrogens (tertiary/aromatic N) is 2. The number of nitriles is 1. The lowest BCUT2D eigenvalue weighted by atomic mass is 10.2. The van der Waals surface area contributed by atoms with Crippen LogP contribution in [0.5, 0.6) is 0 Å². The number of carbonyl (C=O) groups excluding carboxylic acids is 1. The highest BCUT2D eigenvalue weighted by Crippen LogP contribution is 2.21. The molecule has 4 heteroatoms. The lowest BCUT2D eigenvalue weighted by molar-refractivity contribution is -0.128. The molecule has 3 nitrogen and oxygen atoms in total. The Morgan fingerprint density at radius 2 is 2.24 bits per heavy atom. The molecule has 1 aliphatic heterocycles.